The lowest BCUT2D eigenvalue weighted by Crippen LogP contribution is -2.08. The quantitative estimate of drug-likeness (QED) is 0.804. The van der Waals surface area contributed by atoms with Crippen molar-refractivity contribution in [1.82, 2.24) is 0 Å². The van der Waals surface area contributed by atoms with E-state index >= 15 is 0 Å². The second-order valence-corrected chi connectivity index (χ2v) is 6.16. The Morgan fingerprint density at radius 3 is 2.71 bits per heavy atom. The first-order valence-corrected chi connectivity index (χ1v) is 7.38. The van der Waals surface area contributed by atoms with Crippen LogP contribution >= 0.6 is 11.6 Å². The number of halogens is 2. The average molecular weight is 306 g/mol. The van der Waals surface area contributed by atoms with Gasteiger partial charge in [-0.05, 0) is 54.7 Å². The average Bonchev–Trinajstić information content (AvgIpc) is 2.71. The fraction of sp³-hybridized carbons (Fsp3) is 0.294. The Bertz CT molecular complexity index is 681. The molecule has 2 unspecified atom stereocenters. The van der Waals surface area contributed by atoms with Crippen LogP contribution in [0.25, 0.3) is 0 Å². The largest absolute Gasteiger partial charge is 0.508 e. The number of rotatable bonds is 2. The Labute approximate surface area is 128 Å². The molecule has 110 valence electrons. The molecule has 2 nitrogen and oxygen atoms in total. The normalized spacial score (nSPS) is 20.4. The third kappa shape index (κ3) is 2.58. The van der Waals surface area contributed by atoms with Gasteiger partial charge in [0.15, 0.2) is 0 Å². The Balaban J connectivity index is 1.98. The third-order valence-corrected chi connectivity index (χ3v) is 4.33. The van der Waals surface area contributed by atoms with Crippen LogP contribution in [0.3, 0.4) is 0 Å². The van der Waals surface area contributed by atoms with Crippen molar-refractivity contribution in [2.24, 2.45) is 0 Å². The minimum Gasteiger partial charge on any atom is -0.508 e. The first-order valence-electron chi connectivity index (χ1n) is 7.00. The van der Waals surface area contributed by atoms with E-state index in [1.807, 2.05) is 6.07 Å². The van der Waals surface area contributed by atoms with Crippen molar-refractivity contribution >= 4 is 17.3 Å². The van der Waals surface area contributed by atoms with Crippen molar-refractivity contribution < 1.29 is 9.50 Å². The molecule has 0 saturated carbocycles. The molecule has 0 saturated heterocycles. The molecular formula is C17H17ClFNO. The van der Waals surface area contributed by atoms with Crippen molar-refractivity contribution in [1.29, 1.82) is 0 Å². The van der Waals surface area contributed by atoms with Crippen molar-refractivity contribution in [2.45, 2.75) is 32.2 Å². The van der Waals surface area contributed by atoms with Gasteiger partial charge in [-0.25, -0.2) is 4.39 Å². The molecule has 2 atom stereocenters. The molecule has 0 aliphatic heterocycles. The van der Waals surface area contributed by atoms with Crippen molar-refractivity contribution in [3.05, 3.63) is 57.9 Å². The van der Waals surface area contributed by atoms with Gasteiger partial charge >= 0.3 is 0 Å². The highest BCUT2D eigenvalue weighted by atomic mass is 35.5. The van der Waals surface area contributed by atoms with E-state index < -0.39 is 0 Å². The standard InChI is InChI=1S/C17H17ClFNO/c1-9-3-4-15(21)17-14(5-10(2)16(9)17)20-13-7-11(18)6-12(19)8-13/h3-4,6-8,10,14,20-21H,5H2,1-2H3. The molecule has 0 bridgehead atoms. The fourth-order valence-electron chi connectivity index (χ4n) is 3.31. The van der Waals surface area contributed by atoms with Gasteiger partial charge in [-0.3, -0.25) is 0 Å². The van der Waals surface area contributed by atoms with Crippen LogP contribution in [0, 0.1) is 12.7 Å². The maximum Gasteiger partial charge on any atom is 0.126 e. The van der Waals surface area contributed by atoms with Crippen LogP contribution in [0.2, 0.25) is 5.02 Å². The molecule has 0 spiro atoms. The van der Waals surface area contributed by atoms with Crippen LogP contribution in [-0.4, -0.2) is 5.11 Å². The lowest BCUT2D eigenvalue weighted by molar-refractivity contribution is 0.465. The number of anilines is 1. The van der Waals surface area contributed by atoms with E-state index in [1.165, 1.54) is 23.3 Å². The van der Waals surface area contributed by atoms with E-state index in [0.29, 0.717) is 22.4 Å². The maximum absolute atomic E-state index is 13.4. The maximum atomic E-state index is 13.4. The van der Waals surface area contributed by atoms with Gasteiger partial charge in [-0.1, -0.05) is 24.6 Å². The van der Waals surface area contributed by atoms with E-state index in [0.717, 1.165) is 12.0 Å². The van der Waals surface area contributed by atoms with E-state index in [1.54, 1.807) is 12.1 Å². The van der Waals surface area contributed by atoms with Crippen LogP contribution in [0.15, 0.2) is 30.3 Å². The van der Waals surface area contributed by atoms with Gasteiger partial charge in [0.05, 0.1) is 6.04 Å². The van der Waals surface area contributed by atoms with Gasteiger partial charge < -0.3 is 10.4 Å². The number of benzene rings is 2. The Morgan fingerprint density at radius 2 is 2.00 bits per heavy atom. The Hall–Kier alpha value is -1.74. The molecule has 1 aliphatic rings. The molecular weight excluding hydrogens is 289 g/mol. The van der Waals surface area contributed by atoms with Gasteiger partial charge in [0.2, 0.25) is 0 Å². The molecule has 0 radical (unpaired) electrons. The minimum atomic E-state index is -0.371. The van der Waals surface area contributed by atoms with E-state index in [9.17, 15) is 9.50 Å². The van der Waals surface area contributed by atoms with Gasteiger partial charge in [0, 0.05) is 16.3 Å². The topological polar surface area (TPSA) is 32.3 Å². The third-order valence-electron chi connectivity index (χ3n) is 4.12. The van der Waals surface area contributed by atoms with Crippen molar-refractivity contribution in [2.75, 3.05) is 5.32 Å². The molecule has 2 N–H and O–H groups in total. The van der Waals surface area contributed by atoms with Crippen molar-refractivity contribution in [3.8, 4) is 5.75 Å². The fourth-order valence-corrected chi connectivity index (χ4v) is 3.53. The summed E-state index contributed by atoms with van der Waals surface area (Å²) in [5, 5.41) is 13.8. The van der Waals surface area contributed by atoms with Crippen molar-refractivity contribution in [3.63, 3.8) is 0 Å². The summed E-state index contributed by atoms with van der Waals surface area (Å²) in [6.07, 6.45) is 0.863. The zero-order valence-corrected chi connectivity index (χ0v) is 12.7. The van der Waals surface area contributed by atoms with Crippen LogP contribution in [-0.2, 0) is 0 Å². The molecule has 0 heterocycles. The Kier molecular flexibility index (Phi) is 3.54. The lowest BCUT2D eigenvalue weighted by atomic mass is 9.97. The Morgan fingerprint density at radius 1 is 1.24 bits per heavy atom. The SMILES string of the molecule is Cc1ccc(O)c2c1C(C)CC2Nc1cc(F)cc(Cl)c1. The first-order chi connectivity index (χ1) is 9.95. The number of hydrogen-bond acceptors (Lipinski definition) is 2. The van der Waals surface area contributed by atoms with E-state index in [4.69, 9.17) is 11.6 Å². The minimum absolute atomic E-state index is 0.0345. The van der Waals surface area contributed by atoms with Gasteiger partial charge in [0.1, 0.15) is 11.6 Å². The number of hydrogen-bond donors (Lipinski definition) is 2. The summed E-state index contributed by atoms with van der Waals surface area (Å²) in [6, 6.07) is 8.01. The highest BCUT2D eigenvalue weighted by molar-refractivity contribution is 6.30. The molecule has 21 heavy (non-hydrogen) atoms. The van der Waals surface area contributed by atoms with Gasteiger partial charge in [0.25, 0.3) is 0 Å². The zero-order valence-electron chi connectivity index (χ0n) is 12.0. The number of fused-ring (bicyclic) bond motifs is 1. The summed E-state index contributed by atoms with van der Waals surface area (Å²) >= 11 is 5.89. The molecule has 2 aromatic carbocycles. The predicted octanol–water partition coefficient (Wildman–Crippen LogP) is 5.15. The number of phenols is 1. The number of nitrogens with one attached hydrogen (secondary N) is 1. The van der Waals surface area contributed by atoms with Crippen LogP contribution in [0.1, 0.15) is 42.0 Å². The smallest absolute Gasteiger partial charge is 0.126 e. The second kappa shape index (κ2) is 5.23. The molecule has 4 heteroatoms. The number of phenolic OH excluding ortho intramolecular Hbond substituents is 1. The first kappa shape index (κ1) is 14.2. The van der Waals surface area contributed by atoms with Crippen LogP contribution in [0.5, 0.6) is 5.75 Å². The molecule has 3 rings (SSSR count). The second-order valence-electron chi connectivity index (χ2n) is 5.72. The zero-order chi connectivity index (χ0) is 15.1. The van der Waals surface area contributed by atoms with Gasteiger partial charge in [-0.2, -0.15) is 0 Å². The van der Waals surface area contributed by atoms with Gasteiger partial charge in [-0.15, -0.1) is 0 Å². The molecule has 1 aliphatic carbocycles. The summed E-state index contributed by atoms with van der Waals surface area (Å²) in [5.41, 5.74) is 3.92. The number of aromatic hydroxyl groups is 1. The summed E-state index contributed by atoms with van der Waals surface area (Å²) in [6.45, 7) is 4.20. The molecule has 0 aromatic heterocycles. The summed E-state index contributed by atoms with van der Waals surface area (Å²) in [5.74, 6) is 0.276. The number of aryl methyl sites for hydroxylation is 1. The summed E-state index contributed by atoms with van der Waals surface area (Å²) in [7, 11) is 0. The van der Waals surface area contributed by atoms with Crippen LogP contribution < -0.4 is 5.32 Å². The monoisotopic (exact) mass is 305 g/mol. The molecule has 0 amide bonds. The lowest BCUT2D eigenvalue weighted by Gasteiger charge is -2.17. The van der Waals surface area contributed by atoms with E-state index in [2.05, 4.69) is 19.2 Å². The molecule has 0 fully saturated rings. The summed E-state index contributed by atoms with van der Waals surface area (Å²) < 4.78 is 13.4. The van der Waals surface area contributed by atoms with Crippen LogP contribution in [0.4, 0.5) is 10.1 Å². The highest BCUT2D eigenvalue weighted by Gasteiger charge is 2.32. The highest BCUT2D eigenvalue weighted by Crippen LogP contribution is 2.47. The summed E-state index contributed by atoms with van der Waals surface area (Å²) in [4.78, 5) is 0. The molecule has 2 aromatic rings. The van der Waals surface area contributed by atoms with E-state index in [-0.39, 0.29) is 11.9 Å². The predicted molar refractivity (Wildman–Crippen MR) is 83.6 cm³/mol.